The van der Waals surface area contributed by atoms with Crippen LogP contribution in [0.3, 0.4) is 0 Å². The van der Waals surface area contributed by atoms with Crippen LogP contribution in [0.2, 0.25) is 0 Å². The number of hydrogen-bond donors (Lipinski definition) is 1. The number of ether oxygens (including phenoxy) is 3. The molecule has 3 radical (unpaired) electrons. The van der Waals surface area contributed by atoms with Gasteiger partial charge >= 0.3 is 0 Å². The summed E-state index contributed by atoms with van der Waals surface area (Å²) in [6, 6.07) is 0. The molecule has 0 spiro atoms. The van der Waals surface area contributed by atoms with Gasteiger partial charge in [0.2, 0.25) is 0 Å². The monoisotopic (exact) mass is 302 g/mol. The molecule has 0 fully saturated rings. The lowest BCUT2D eigenvalue weighted by atomic mass is 10.3. The molecule has 0 aromatic carbocycles. The molecule has 1 N–H and O–H groups in total. The molecule has 0 heterocycles. The number of unbranched alkanes of at least 4 members (excludes halogenated alkanes) is 3. The zero-order valence-electron chi connectivity index (χ0n) is 13.5. The SMILES string of the molecule is CCCCOC(CCN[Si])(OCCCC)OCCCC. The molecule has 0 aliphatic heterocycles. The quantitative estimate of drug-likeness (QED) is 0.286. The van der Waals surface area contributed by atoms with E-state index < -0.39 is 5.97 Å². The van der Waals surface area contributed by atoms with Crippen molar-refractivity contribution in [3.8, 4) is 0 Å². The van der Waals surface area contributed by atoms with Crippen molar-refractivity contribution < 1.29 is 14.2 Å². The lowest BCUT2D eigenvalue weighted by Gasteiger charge is -2.33. The number of hydrogen-bond acceptors (Lipinski definition) is 4. The first-order chi connectivity index (χ1) is 9.74. The van der Waals surface area contributed by atoms with Gasteiger partial charge in [-0.25, -0.2) is 0 Å². The van der Waals surface area contributed by atoms with E-state index in [1.54, 1.807) is 0 Å². The van der Waals surface area contributed by atoms with Crippen molar-refractivity contribution in [2.24, 2.45) is 0 Å². The molecular formula is C15H32NO3Si. The Morgan fingerprint density at radius 3 is 1.50 bits per heavy atom. The van der Waals surface area contributed by atoms with Gasteiger partial charge in [-0.1, -0.05) is 40.0 Å². The van der Waals surface area contributed by atoms with Gasteiger partial charge in [0.05, 0.1) is 19.8 Å². The minimum Gasteiger partial charge on any atom is -0.340 e. The second-order valence-corrected chi connectivity index (χ2v) is 5.32. The minimum absolute atomic E-state index is 0.674. The van der Waals surface area contributed by atoms with Crippen molar-refractivity contribution in [2.45, 2.75) is 71.7 Å². The highest BCUT2D eigenvalue weighted by Crippen LogP contribution is 2.22. The Labute approximate surface area is 128 Å². The van der Waals surface area contributed by atoms with Gasteiger partial charge in [0.1, 0.15) is 10.4 Å². The summed E-state index contributed by atoms with van der Waals surface area (Å²) in [5.41, 5.74) is 0. The van der Waals surface area contributed by atoms with E-state index >= 15 is 0 Å². The van der Waals surface area contributed by atoms with Gasteiger partial charge in [0, 0.05) is 6.42 Å². The molecular weight excluding hydrogens is 270 g/mol. The fourth-order valence-corrected chi connectivity index (χ4v) is 1.80. The molecule has 4 nitrogen and oxygen atoms in total. The first-order valence-electron chi connectivity index (χ1n) is 8.06. The largest absolute Gasteiger partial charge is 0.340 e. The van der Waals surface area contributed by atoms with Crippen LogP contribution in [0.15, 0.2) is 0 Å². The van der Waals surface area contributed by atoms with E-state index in [1.165, 1.54) is 0 Å². The standard InChI is InChI=1S/C15H32NO3Si/c1-4-7-12-17-15(10-11-16-20,18-13-8-5-2)19-14-9-6-3/h16H,4-14H2,1-3H3. The Hall–Kier alpha value is 0.0569. The lowest BCUT2D eigenvalue weighted by molar-refractivity contribution is -0.383. The number of nitrogens with one attached hydrogen (secondary N) is 1. The molecule has 0 unspecified atom stereocenters. The topological polar surface area (TPSA) is 39.7 Å². The first kappa shape index (κ1) is 20.1. The maximum atomic E-state index is 5.96. The van der Waals surface area contributed by atoms with Gasteiger partial charge in [-0.2, -0.15) is 0 Å². The van der Waals surface area contributed by atoms with Crippen molar-refractivity contribution in [3.05, 3.63) is 0 Å². The molecule has 119 valence electrons. The highest BCUT2D eigenvalue weighted by atomic mass is 28.2. The highest BCUT2D eigenvalue weighted by molar-refractivity contribution is 6.04. The van der Waals surface area contributed by atoms with Gasteiger partial charge in [0.25, 0.3) is 5.97 Å². The second-order valence-electron chi connectivity index (χ2n) is 4.97. The lowest BCUT2D eigenvalue weighted by Crippen LogP contribution is -2.42. The van der Waals surface area contributed by atoms with E-state index in [9.17, 15) is 0 Å². The zero-order valence-corrected chi connectivity index (χ0v) is 14.5. The molecule has 0 saturated carbocycles. The Balaban J connectivity index is 4.48. The fourth-order valence-electron chi connectivity index (χ4n) is 1.67. The van der Waals surface area contributed by atoms with Crippen molar-refractivity contribution in [2.75, 3.05) is 26.4 Å². The van der Waals surface area contributed by atoms with Crippen LogP contribution in [0.25, 0.3) is 0 Å². The summed E-state index contributed by atoms with van der Waals surface area (Å²) in [5, 5.41) is 0. The average Bonchev–Trinajstić information content (AvgIpc) is 2.46. The van der Waals surface area contributed by atoms with Crippen LogP contribution >= 0.6 is 0 Å². The second kappa shape index (κ2) is 14.0. The van der Waals surface area contributed by atoms with Crippen LogP contribution in [-0.2, 0) is 14.2 Å². The molecule has 0 rings (SSSR count). The highest BCUT2D eigenvalue weighted by Gasteiger charge is 2.32. The summed E-state index contributed by atoms with van der Waals surface area (Å²) >= 11 is 0. The molecule has 20 heavy (non-hydrogen) atoms. The van der Waals surface area contributed by atoms with Crippen molar-refractivity contribution >= 4 is 10.4 Å². The van der Waals surface area contributed by atoms with Gasteiger partial charge in [0.15, 0.2) is 0 Å². The molecule has 0 aliphatic carbocycles. The molecule has 0 aliphatic rings. The van der Waals surface area contributed by atoms with Gasteiger partial charge in [-0.05, 0) is 25.8 Å². The first-order valence-corrected chi connectivity index (χ1v) is 8.56. The Morgan fingerprint density at radius 1 is 0.800 bits per heavy atom. The van der Waals surface area contributed by atoms with Crippen molar-refractivity contribution in [1.82, 2.24) is 4.98 Å². The third-order valence-corrected chi connectivity index (χ3v) is 3.27. The maximum Gasteiger partial charge on any atom is 0.284 e. The molecule has 0 amide bonds. The maximum absolute atomic E-state index is 5.96. The van der Waals surface area contributed by atoms with E-state index in [-0.39, 0.29) is 0 Å². The third kappa shape index (κ3) is 9.88. The van der Waals surface area contributed by atoms with Crippen LogP contribution < -0.4 is 4.98 Å². The van der Waals surface area contributed by atoms with Gasteiger partial charge in [-0.15, -0.1) is 0 Å². The van der Waals surface area contributed by atoms with Crippen molar-refractivity contribution in [3.63, 3.8) is 0 Å². The summed E-state index contributed by atoms with van der Waals surface area (Å²) in [6.45, 7) is 9.23. The molecule has 5 heteroatoms. The zero-order chi connectivity index (χ0) is 15.1. The van der Waals surface area contributed by atoms with E-state index in [0.717, 1.165) is 45.1 Å². The Bertz CT molecular complexity index is 179. The Kier molecular flexibility index (Phi) is 14.1. The predicted molar refractivity (Wildman–Crippen MR) is 83.7 cm³/mol. The summed E-state index contributed by atoms with van der Waals surface area (Å²) in [4.78, 5) is 2.96. The normalized spacial score (nSPS) is 12.0. The predicted octanol–water partition coefficient (Wildman–Crippen LogP) is 3.15. The van der Waals surface area contributed by atoms with Crippen LogP contribution in [0, 0.1) is 0 Å². The molecule has 0 aromatic rings. The fraction of sp³-hybridized carbons (Fsp3) is 1.00. The van der Waals surface area contributed by atoms with E-state index in [1.807, 2.05) is 0 Å². The van der Waals surface area contributed by atoms with Crippen LogP contribution in [0.4, 0.5) is 0 Å². The van der Waals surface area contributed by atoms with Crippen LogP contribution in [0.5, 0.6) is 0 Å². The summed E-state index contributed by atoms with van der Waals surface area (Å²) in [6.07, 6.45) is 7.07. The molecule has 0 saturated heterocycles. The average molecular weight is 303 g/mol. The molecule has 0 aromatic heterocycles. The third-order valence-electron chi connectivity index (χ3n) is 3.02. The summed E-state index contributed by atoms with van der Waals surface area (Å²) in [7, 11) is 3.28. The number of rotatable bonds is 15. The summed E-state index contributed by atoms with van der Waals surface area (Å²) < 4.78 is 17.9. The molecule has 0 bridgehead atoms. The van der Waals surface area contributed by atoms with Crippen LogP contribution in [-0.4, -0.2) is 42.7 Å². The van der Waals surface area contributed by atoms with Gasteiger partial charge < -0.3 is 19.2 Å². The summed E-state index contributed by atoms with van der Waals surface area (Å²) in [5.74, 6) is -0.890. The van der Waals surface area contributed by atoms with Crippen LogP contribution in [0.1, 0.15) is 65.7 Å². The smallest absolute Gasteiger partial charge is 0.284 e. The molecule has 0 atom stereocenters. The van der Waals surface area contributed by atoms with Gasteiger partial charge in [-0.3, -0.25) is 0 Å². The van der Waals surface area contributed by atoms with E-state index in [4.69, 9.17) is 14.2 Å². The van der Waals surface area contributed by atoms with E-state index in [2.05, 4.69) is 36.2 Å². The van der Waals surface area contributed by atoms with E-state index in [0.29, 0.717) is 26.2 Å². The van der Waals surface area contributed by atoms with Crippen molar-refractivity contribution in [1.29, 1.82) is 0 Å². The Morgan fingerprint density at radius 2 is 1.20 bits per heavy atom. The minimum atomic E-state index is -0.890.